The van der Waals surface area contributed by atoms with Gasteiger partial charge in [-0.3, -0.25) is 0 Å². The molecule has 0 bridgehead atoms. The summed E-state index contributed by atoms with van der Waals surface area (Å²) in [4.78, 5) is 5.32. The third-order valence-corrected chi connectivity index (χ3v) is 4.62. The molecule has 20 heavy (non-hydrogen) atoms. The molecule has 1 fully saturated rings. The Bertz CT molecular complexity index is 594. The Morgan fingerprint density at radius 2 is 2.10 bits per heavy atom. The number of fused-ring (bicyclic) bond motifs is 1. The normalized spacial score (nSPS) is 17.6. The average molecular weight is 337 g/mol. The summed E-state index contributed by atoms with van der Waals surface area (Å²) in [5.41, 5.74) is 1.04. The standard InChI is InChI=1S/C14H18BBrN2O2/c1-15(19)18-8-5-10(6-9-18)20-13-3-2-12(16)11-4-7-17-14(11)13/h2-4,7,10,17,19H,5-6,8-9H2,1H3. The van der Waals surface area contributed by atoms with Crippen molar-refractivity contribution >= 4 is 33.9 Å². The predicted molar refractivity (Wildman–Crippen MR) is 85.1 cm³/mol. The summed E-state index contributed by atoms with van der Waals surface area (Å²) in [7, 11) is -0.362. The molecule has 0 saturated carbocycles. The van der Waals surface area contributed by atoms with E-state index in [1.807, 2.05) is 31.2 Å². The molecule has 1 aliphatic rings. The summed E-state index contributed by atoms with van der Waals surface area (Å²) in [5, 5.41) is 10.7. The molecule has 0 amide bonds. The highest BCUT2D eigenvalue weighted by molar-refractivity contribution is 9.10. The second-order valence-corrected chi connectivity index (χ2v) is 6.15. The molecule has 6 heteroatoms. The number of benzene rings is 1. The molecule has 0 radical (unpaired) electrons. The quantitative estimate of drug-likeness (QED) is 0.847. The van der Waals surface area contributed by atoms with Crippen LogP contribution in [0.4, 0.5) is 0 Å². The molecule has 1 aromatic carbocycles. The highest BCUT2D eigenvalue weighted by Crippen LogP contribution is 2.32. The van der Waals surface area contributed by atoms with Crippen molar-refractivity contribution in [2.24, 2.45) is 0 Å². The van der Waals surface area contributed by atoms with Gasteiger partial charge < -0.3 is 19.6 Å². The third kappa shape index (κ3) is 2.73. The van der Waals surface area contributed by atoms with Crippen LogP contribution in [0.2, 0.25) is 6.82 Å². The minimum absolute atomic E-state index is 0.220. The molecule has 106 valence electrons. The first kappa shape index (κ1) is 14.0. The maximum absolute atomic E-state index is 9.57. The molecule has 2 aromatic rings. The SMILES string of the molecule is CB(O)N1CCC(Oc2ccc(Br)c3cc[nH]c23)CC1. The molecule has 1 aliphatic heterocycles. The summed E-state index contributed by atoms with van der Waals surface area (Å²) < 4.78 is 7.22. The maximum Gasteiger partial charge on any atom is 0.376 e. The summed E-state index contributed by atoms with van der Waals surface area (Å²) in [6.07, 6.45) is 4.04. The first-order chi connectivity index (χ1) is 9.65. The Labute approximate surface area is 127 Å². The van der Waals surface area contributed by atoms with Crippen LogP contribution in [0, 0.1) is 0 Å². The van der Waals surface area contributed by atoms with Crippen LogP contribution in [0.15, 0.2) is 28.9 Å². The molecule has 4 nitrogen and oxygen atoms in total. The van der Waals surface area contributed by atoms with Gasteiger partial charge in [0.15, 0.2) is 0 Å². The van der Waals surface area contributed by atoms with E-state index in [0.29, 0.717) is 0 Å². The molecule has 2 heterocycles. The van der Waals surface area contributed by atoms with Gasteiger partial charge >= 0.3 is 7.05 Å². The van der Waals surface area contributed by atoms with Crippen molar-refractivity contribution in [1.29, 1.82) is 0 Å². The van der Waals surface area contributed by atoms with Crippen LogP contribution in [0.25, 0.3) is 10.9 Å². The first-order valence-corrected chi connectivity index (χ1v) is 7.79. The zero-order chi connectivity index (χ0) is 14.1. The van der Waals surface area contributed by atoms with E-state index in [0.717, 1.165) is 47.1 Å². The number of piperidine rings is 1. The van der Waals surface area contributed by atoms with Crippen LogP contribution in [-0.2, 0) is 0 Å². The molecule has 0 unspecified atom stereocenters. The number of ether oxygens (including phenoxy) is 1. The lowest BCUT2D eigenvalue weighted by atomic mass is 9.82. The largest absolute Gasteiger partial charge is 0.488 e. The lowest BCUT2D eigenvalue weighted by Gasteiger charge is -2.32. The number of aromatic amines is 1. The van der Waals surface area contributed by atoms with Crippen molar-refractivity contribution in [3.05, 3.63) is 28.9 Å². The maximum atomic E-state index is 9.57. The number of rotatable bonds is 3. The number of nitrogens with zero attached hydrogens (tertiary/aromatic N) is 1. The Kier molecular flexibility index (Phi) is 4.05. The molecule has 1 aromatic heterocycles. The van der Waals surface area contributed by atoms with Gasteiger partial charge in [-0.05, 0) is 51.0 Å². The molecular formula is C14H18BBrN2O2. The van der Waals surface area contributed by atoms with E-state index in [1.54, 1.807) is 0 Å². The van der Waals surface area contributed by atoms with Gasteiger partial charge in [0.05, 0.1) is 5.52 Å². The van der Waals surface area contributed by atoms with Crippen molar-refractivity contribution in [1.82, 2.24) is 9.79 Å². The Morgan fingerprint density at radius 1 is 1.35 bits per heavy atom. The van der Waals surface area contributed by atoms with Gasteiger partial charge in [-0.25, -0.2) is 0 Å². The van der Waals surface area contributed by atoms with Gasteiger partial charge in [0, 0.05) is 16.1 Å². The Balaban J connectivity index is 1.72. The van der Waals surface area contributed by atoms with Gasteiger partial charge in [0.1, 0.15) is 11.9 Å². The van der Waals surface area contributed by atoms with Gasteiger partial charge in [-0.15, -0.1) is 0 Å². The van der Waals surface area contributed by atoms with Gasteiger partial charge in [0.2, 0.25) is 0 Å². The highest BCUT2D eigenvalue weighted by atomic mass is 79.9. The number of aromatic nitrogens is 1. The minimum Gasteiger partial charge on any atom is -0.488 e. The molecule has 3 rings (SSSR count). The lowest BCUT2D eigenvalue weighted by Crippen LogP contribution is -2.45. The van der Waals surface area contributed by atoms with Crippen LogP contribution in [-0.4, -0.2) is 41.1 Å². The van der Waals surface area contributed by atoms with Gasteiger partial charge in [0.25, 0.3) is 0 Å². The lowest BCUT2D eigenvalue weighted by molar-refractivity contribution is 0.130. The van der Waals surface area contributed by atoms with E-state index in [-0.39, 0.29) is 13.2 Å². The number of nitrogens with one attached hydrogen (secondary N) is 1. The zero-order valence-corrected chi connectivity index (χ0v) is 13.1. The number of hydrogen-bond acceptors (Lipinski definition) is 3. The van der Waals surface area contributed by atoms with Crippen LogP contribution < -0.4 is 4.74 Å². The van der Waals surface area contributed by atoms with Crippen molar-refractivity contribution < 1.29 is 9.76 Å². The topological polar surface area (TPSA) is 48.5 Å². The third-order valence-electron chi connectivity index (χ3n) is 3.93. The molecule has 1 saturated heterocycles. The predicted octanol–water partition coefficient (Wildman–Crippen LogP) is 2.88. The molecule has 0 spiro atoms. The van der Waals surface area contributed by atoms with E-state index in [2.05, 4.69) is 25.7 Å². The Morgan fingerprint density at radius 3 is 2.80 bits per heavy atom. The molecule has 0 atom stereocenters. The highest BCUT2D eigenvalue weighted by Gasteiger charge is 2.25. The number of halogens is 1. The van der Waals surface area contributed by atoms with E-state index >= 15 is 0 Å². The second kappa shape index (κ2) is 5.80. The molecule has 0 aliphatic carbocycles. The van der Waals surface area contributed by atoms with Crippen LogP contribution >= 0.6 is 15.9 Å². The van der Waals surface area contributed by atoms with Gasteiger partial charge in [-0.2, -0.15) is 0 Å². The van der Waals surface area contributed by atoms with E-state index in [9.17, 15) is 5.02 Å². The van der Waals surface area contributed by atoms with Crippen molar-refractivity contribution in [2.75, 3.05) is 13.1 Å². The van der Waals surface area contributed by atoms with E-state index in [1.165, 1.54) is 0 Å². The fraction of sp³-hybridized carbons (Fsp3) is 0.429. The van der Waals surface area contributed by atoms with Crippen LogP contribution in [0.3, 0.4) is 0 Å². The van der Waals surface area contributed by atoms with Crippen LogP contribution in [0.1, 0.15) is 12.8 Å². The van der Waals surface area contributed by atoms with E-state index in [4.69, 9.17) is 4.74 Å². The monoisotopic (exact) mass is 336 g/mol. The van der Waals surface area contributed by atoms with Crippen LogP contribution in [0.5, 0.6) is 5.75 Å². The fourth-order valence-electron chi connectivity index (χ4n) is 2.74. The number of hydrogen-bond donors (Lipinski definition) is 2. The summed E-state index contributed by atoms with van der Waals surface area (Å²) in [6.45, 7) is 3.58. The molecule has 2 N–H and O–H groups in total. The Hall–Kier alpha value is -0.975. The summed E-state index contributed by atoms with van der Waals surface area (Å²) >= 11 is 3.55. The number of H-pyrrole nitrogens is 1. The first-order valence-electron chi connectivity index (χ1n) is 6.99. The van der Waals surface area contributed by atoms with Crippen molar-refractivity contribution in [2.45, 2.75) is 25.8 Å². The fourth-order valence-corrected chi connectivity index (χ4v) is 3.20. The minimum atomic E-state index is -0.362. The zero-order valence-electron chi connectivity index (χ0n) is 11.5. The average Bonchev–Trinajstić information content (AvgIpc) is 2.93. The smallest absolute Gasteiger partial charge is 0.376 e. The summed E-state index contributed by atoms with van der Waals surface area (Å²) in [5.74, 6) is 0.906. The van der Waals surface area contributed by atoms with Crippen molar-refractivity contribution in [3.63, 3.8) is 0 Å². The van der Waals surface area contributed by atoms with Gasteiger partial charge in [-0.1, -0.05) is 15.9 Å². The summed E-state index contributed by atoms with van der Waals surface area (Å²) in [6, 6.07) is 6.07. The second-order valence-electron chi connectivity index (χ2n) is 5.30. The molecular weight excluding hydrogens is 319 g/mol. The van der Waals surface area contributed by atoms with Crippen molar-refractivity contribution in [3.8, 4) is 5.75 Å². The van der Waals surface area contributed by atoms with E-state index < -0.39 is 0 Å².